The molecule has 0 saturated heterocycles. The summed E-state index contributed by atoms with van der Waals surface area (Å²) >= 11 is 0. The van der Waals surface area contributed by atoms with E-state index in [1.165, 1.54) is 6.26 Å². The van der Waals surface area contributed by atoms with Gasteiger partial charge in [-0.15, -0.1) is 24.8 Å². The summed E-state index contributed by atoms with van der Waals surface area (Å²) in [5.41, 5.74) is 8.94. The van der Waals surface area contributed by atoms with Crippen molar-refractivity contribution in [2.75, 3.05) is 19.4 Å². The number of hydrogen-bond donors (Lipinski definition) is 2. The van der Waals surface area contributed by atoms with Crippen LogP contribution < -0.4 is 11.1 Å². The summed E-state index contributed by atoms with van der Waals surface area (Å²) < 4.78 is 5.19. The van der Waals surface area contributed by atoms with Gasteiger partial charge in [-0.2, -0.15) is 0 Å². The Labute approximate surface area is 149 Å². The first-order valence-corrected chi connectivity index (χ1v) is 6.82. The molecule has 2 aromatic rings. The van der Waals surface area contributed by atoms with Crippen LogP contribution in [-0.4, -0.2) is 24.9 Å². The first-order chi connectivity index (χ1) is 9.99. The molecule has 2 rings (SSSR count). The number of hydrogen-bond acceptors (Lipinski definition) is 4. The minimum Gasteiger partial charge on any atom is -0.467 e. The first-order valence-electron chi connectivity index (χ1n) is 6.82. The van der Waals surface area contributed by atoms with E-state index in [-0.39, 0.29) is 37.3 Å². The van der Waals surface area contributed by atoms with E-state index in [1.54, 1.807) is 6.07 Å². The van der Waals surface area contributed by atoms with E-state index in [4.69, 9.17) is 10.2 Å². The molecule has 0 atom stereocenters. The number of nitrogens with zero attached hydrogens (tertiary/aromatic N) is 1. The molecule has 0 radical (unpaired) electrons. The summed E-state index contributed by atoms with van der Waals surface area (Å²) in [5.74, 6) is 0.404. The maximum absolute atomic E-state index is 12.2. The lowest BCUT2D eigenvalue weighted by Gasteiger charge is -2.13. The van der Waals surface area contributed by atoms with E-state index >= 15 is 0 Å². The lowest BCUT2D eigenvalue weighted by molar-refractivity contribution is 0.102. The van der Waals surface area contributed by atoms with Crippen LogP contribution in [0.5, 0.6) is 0 Å². The van der Waals surface area contributed by atoms with Crippen LogP contribution in [0, 0.1) is 6.92 Å². The van der Waals surface area contributed by atoms with Gasteiger partial charge in [-0.1, -0.05) is 12.1 Å². The van der Waals surface area contributed by atoms with Gasteiger partial charge in [0.25, 0.3) is 5.91 Å². The van der Waals surface area contributed by atoms with Gasteiger partial charge in [0.1, 0.15) is 12.0 Å². The van der Waals surface area contributed by atoms with E-state index in [0.29, 0.717) is 11.3 Å². The average molecular weight is 360 g/mol. The van der Waals surface area contributed by atoms with Gasteiger partial charge in [-0.05, 0) is 44.3 Å². The molecular formula is C16H23Cl2N3O2. The smallest absolute Gasteiger partial charge is 0.258 e. The van der Waals surface area contributed by atoms with Gasteiger partial charge in [-0.3, -0.25) is 4.79 Å². The number of carbonyl (C=O) groups excluding carboxylic acids is 1. The van der Waals surface area contributed by atoms with E-state index in [1.807, 2.05) is 33.2 Å². The van der Waals surface area contributed by atoms with Crippen molar-refractivity contribution in [3.8, 4) is 0 Å². The van der Waals surface area contributed by atoms with E-state index in [2.05, 4.69) is 16.3 Å². The molecule has 0 saturated carbocycles. The van der Waals surface area contributed by atoms with Gasteiger partial charge < -0.3 is 20.4 Å². The number of rotatable bonds is 5. The monoisotopic (exact) mass is 359 g/mol. The molecule has 1 aromatic heterocycles. The molecule has 0 fully saturated rings. The number of aryl methyl sites for hydroxylation is 1. The summed E-state index contributed by atoms with van der Waals surface area (Å²) in [6.07, 6.45) is 1.43. The molecule has 0 aliphatic carbocycles. The zero-order valence-corrected chi connectivity index (χ0v) is 15.1. The summed E-state index contributed by atoms with van der Waals surface area (Å²) in [6, 6.07) is 7.73. The maximum Gasteiger partial charge on any atom is 0.258 e. The summed E-state index contributed by atoms with van der Waals surface area (Å²) in [7, 11) is 4.02. The summed E-state index contributed by atoms with van der Waals surface area (Å²) in [4.78, 5) is 14.3. The molecule has 23 heavy (non-hydrogen) atoms. The molecule has 0 spiro atoms. The molecule has 1 aromatic carbocycles. The van der Waals surface area contributed by atoms with Crippen LogP contribution in [0.2, 0.25) is 0 Å². The Hall–Kier alpha value is -1.53. The molecule has 5 nitrogen and oxygen atoms in total. The van der Waals surface area contributed by atoms with Crippen LogP contribution in [0.3, 0.4) is 0 Å². The van der Waals surface area contributed by atoms with E-state index in [0.717, 1.165) is 23.4 Å². The van der Waals surface area contributed by atoms with Crippen molar-refractivity contribution in [3.63, 3.8) is 0 Å². The topological polar surface area (TPSA) is 71.5 Å². The van der Waals surface area contributed by atoms with Crippen molar-refractivity contribution in [1.82, 2.24) is 4.90 Å². The van der Waals surface area contributed by atoms with Crippen LogP contribution in [0.25, 0.3) is 0 Å². The van der Waals surface area contributed by atoms with Gasteiger partial charge >= 0.3 is 0 Å². The molecule has 1 amide bonds. The zero-order valence-electron chi connectivity index (χ0n) is 13.5. The number of nitrogens with one attached hydrogen (secondary N) is 1. The Balaban J connectivity index is 0.00000242. The van der Waals surface area contributed by atoms with Gasteiger partial charge in [0, 0.05) is 12.2 Å². The van der Waals surface area contributed by atoms with Crippen LogP contribution in [-0.2, 0) is 13.1 Å². The highest BCUT2D eigenvalue weighted by atomic mass is 35.5. The Bertz CT molecular complexity index is 642. The number of halogens is 2. The molecule has 0 aliphatic rings. The molecule has 7 heteroatoms. The largest absolute Gasteiger partial charge is 0.467 e. The fourth-order valence-electron chi connectivity index (χ4n) is 2.07. The van der Waals surface area contributed by atoms with Crippen molar-refractivity contribution in [2.45, 2.75) is 20.0 Å². The predicted molar refractivity (Wildman–Crippen MR) is 97.6 cm³/mol. The number of carbonyl (C=O) groups is 1. The standard InChI is InChI=1S/C16H21N3O2.2ClH/c1-11-4-5-12(9-19(2)3)6-15(11)18-16(20)13-7-14(8-17)21-10-13;;/h4-7,10H,8-9,17H2,1-3H3,(H,18,20);2*1H. The summed E-state index contributed by atoms with van der Waals surface area (Å²) in [5, 5.41) is 2.92. The molecule has 0 unspecified atom stereocenters. The molecule has 0 bridgehead atoms. The van der Waals surface area contributed by atoms with Crippen molar-refractivity contribution in [2.24, 2.45) is 5.73 Å². The molecule has 128 valence electrons. The van der Waals surface area contributed by atoms with Gasteiger partial charge in [0.05, 0.1) is 12.1 Å². The van der Waals surface area contributed by atoms with Crippen LogP contribution in [0.4, 0.5) is 5.69 Å². The minimum atomic E-state index is -0.191. The van der Waals surface area contributed by atoms with Gasteiger partial charge in [-0.25, -0.2) is 0 Å². The van der Waals surface area contributed by atoms with Crippen molar-refractivity contribution >= 4 is 36.4 Å². The number of nitrogens with two attached hydrogens (primary N) is 1. The van der Waals surface area contributed by atoms with Crippen molar-refractivity contribution in [3.05, 3.63) is 53.0 Å². The first kappa shape index (κ1) is 21.5. The summed E-state index contributed by atoms with van der Waals surface area (Å²) in [6.45, 7) is 3.08. The second kappa shape index (κ2) is 9.57. The molecule has 1 heterocycles. The van der Waals surface area contributed by atoms with Crippen molar-refractivity contribution < 1.29 is 9.21 Å². The number of amides is 1. The minimum absolute atomic E-state index is 0. The van der Waals surface area contributed by atoms with Crippen LogP contribution in [0.15, 0.2) is 34.9 Å². The van der Waals surface area contributed by atoms with Crippen molar-refractivity contribution in [1.29, 1.82) is 0 Å². The molecule has 3 N–H and O–H groups in total. The number of furan rings is 1. The lowest BCUT2D eigenvalue weighted by atomic mass is 10.1. The van der Waals surface area contributed by atoms with Crippen LogP contribution >= 0.6 is 24.8 Å². The molecular weight excluding hydrogens is 337 g/mol. The molecule has 0 aliphatic heterocycles. The highest BCUT2D eigenvalue weighted by Crippen LogP contribution is 2.19. The Morgan fingerprint density at radius 2 is 1.96 bits per heavy atom. The SMILES string of the molecule is Cc1ccc(CN(C)C)cc1NC(=O)c1coc(CN)c1.Cl.Cl. The highest BCUT2D eigenvalue weighted by Gasteiger charge is 2.11. The fraction of sp³-hybridized carbons (Fsp3) is 0.312. The third-order valence-corrected chi connectivity index (χ3v) is 3.17. The van der Waals surface area contributed by atoms with Crippen LogP contribution in [0.1, 0.15) is 27.2 Å². The predicted octanol–water partition coefficient (Wildman–Crippen LogP) is 3.20. The normalized spacial score (nSPS) is 9.96. The van der Waals surface area contributed by atoms with E-state index < -0.39 is 0 Å². The Kier molecular flexibility index (Phi) is 8.94. The number of anilines is 1. The number of benzene rings is 1. The lowest BCUT2D eigenvalue weighted by Crippen LogP contribution is -2.14. The zero-order chi connectivity index (χ0) is 15.4. The maximum atomic E-state index is 12.2. The van der Waals surface area contributed by atoms with Gasteiger partial charge in [0.15, 0.2) is 0 Å². The second-order valence-corrected chi connectivity index (χ2v) is 5.35. The van der Waals surface area contributed by atoms with E-state index in [9.17, 15) is 4.79 Å². The third kappa shape index (κ3) is 5.88. The Morgan fingerprint density at radius 1 is 1.26 bits per heavy atom. The Morgan fingerprint density at radius 3 is 2.52 bits per heavy atom. The highest BCUT2D eigenvalue weighted by molar-refractivity contribution is 6.04. The fourth-order valence-corrected chi connectivity index (χ4v) is 2.07. The van der Waals surface area contributed by atoms with Gasteiger partial charge in [0.2, 0.25) is 0 Å². The quantitative estimate of drug-likeness (QED) is 0.859. The average Bonchev–Trinajstić information content (AvgIpc) is 2.91. The third-order valence-electron chi connectivity index (χ3n) is 3.17. The second-order valence-electron chi connectivity index (χ2n) is 5.35.